The van der Waals surface area contributed by atoms with E-state index in [0.29, 0.717) is 108 Å². The first-order chi connectivity index (χ1) is 35.4. The number of hydrogen-bond acceptors (Lipinski definition) is 12. The van der Waals surface area contributed by atoms with E-state index >= 15 is 0 Å². The van der Waals surface area contributed by atoms with Gasteiger partial charge in [0.2, 0.25) is 17.3 Å². The van der Waals surface area contributed by atoms with Gasteiger partial charge in [0.25, 0.3) is 8.96 Å². The number of alkyl halides is 3. The maximum absolute atomic E-state index is 14.8. The monoisotopic (exact) mass is 1090 g/mol. The highest BCUT2D eigenvalue weighted by molar-refractivity contribution is 7.10. The number of likely N-dealkylation sites (N-methyl/N-ethyl adjacent to an activating group) is 2. The summed E-state index contributed by atoms with van der Waals surface area (Å²) in [7, 11) is 6.18. The highest BCUT2D eigenvalue weighted by Gasteiger charge is 2.46. The van der Waals surface area contributed by atoms with Crippen LogP contribution in [0.4, 0.5) is 22.8 Å². The Morgan fingerprint density at radius 2 is 1.85 bits per heavy atom. The Balaban J connectivity index is 1.13. The summed E-state index contributed by atoms with van der Waals surface area (Å²) < 4.78 is 57.4. The first-order valence-corrected chi connectivity index (χ1v) is 28.4. The Labute approximate surface area is 445 Å². The molecule has 4 aliphatic rings. The summed E-state index contributed by atoms with van der Waals surface area (Å²) in [5.41, 5.74) is 4.69. The third kappa shape index (κ3) is 11.8. The Morgan fingerprint density at radius 3 is 2.53 bits per heavy atom. The number of aromatic nitrogens is 3. The van der Waals surface area contributed by atoms with Crippen LogP contribution in [0.5, 0.6) is 0 Å². The van der Waals surface area contributed by atoms with Crippen LogP contribution < -0.4 is 10.4 Å². The topological polar surface area (TPSA) is 175 Å². The second kappa shape index (κ2) is 21.9. The van der Waals surface area contributed by atoms with Gasteiger partial charge in [-0.05, 0) is 87.9 Å². The van der Waals surface area contributed by atoms with Crippen molar-refractivity contribution in [3.63, 3.8) is 0 Å². The summed E-state index contributed by atoms with van der Waals surface area (Å²) in [4.78, 5) is 90.4. The number of nitrogens with zero attached hydrogens (tertiary/aromatic N) is 8. The number of ether oxygens (including phenoxy) is 2. The molecule has 8 rings (SSSR count). The molecule has 4 aliphatic heterocycles. The third-order valence-corrected chi connectivity index (χ3v) is 18.8. The van der Waals surface area contributed by atoms with Crippen LogP contribution in [0.3, 0.4) is 0 Å². The molecule has 0 saturated carbocycles. The van der Waals surface area contributed by atoms with Crippen molar-refractivity contribution in [3.8, 4) is 22.5 Å². The number of carbonyl (C=O) groups excluding carboxylic acids is 5. The number of likely N-dealkylation sites (tertiary alicyclic amines) is 1. The van der Waals surface area contributed by atoms with Crippen LogP contribution in [-0.2, 0) is 48.1 Å². The van der Waals surface area contributed by atoms with Gasteiger partial charge >= 0.3 is 18.2 Å². The summed E-state index contributed by atoms with van der Waals surface area (Å²) in [6, 6.07) is 6.46. The Bertz CT molecular complexity index is 2830. The van der Waals surface area contributed by atoms with Gasteiger partial charge in [0.05, 0.1) is 44.2 Å². The van der Waals surface area contributed by atoms with E-state index in [-0.39, 0.29) is 49.0 Å². The van der Waals surface area contributed by atoms with E-state index in [1.54, 1.807) is 49.3 Å². The van der Waals surface area contributed by atoms with Crippen LogP contribution in [-0.4, -0.2) is 179 Å². The molecule has 5 amide bonds. The van der Waals surface area contributed by atoms with E-state index in [0.717, 1.165) is 0 Å². The lowest BCUT2D eigenvalue weighted by Crippen LogP contribution is -2.66. The number of urea groups is 1. The number of carbonyl (C=O) groups is 5. The van der Waals surface area contributed by atoms with Crippen molar-refractivity contribution >= 4 is 70.8 Å². The third-order valence-electron chi connectivity index (χ3n) is 15.2. The molecule has 7 heterocycles. The molecule has 6 bridgehead atoms. The van der Waals surface area contributed by atoms with E-state index in [1.165, 1.54) is 39.0 Å². The van der Waals surface area contributed by atoms with Crippen LogP contribution >= 0.6 is 11.3 Å². The molecule has 402 valence electrons. The Morgan fingerprint density at radius 1 is 1.12 bits per heavy atom. The number of benzene rings is 1. The number of esters is 1. The van der Waals surface area contributed by atoms with E-state index in [2.05, 4.69) is 37.1 Å². The molecule has 2 N–H and O–H groups in total. The van der Waals surface area contributed by atoms with Crippen LogP contribution in [0.25, 0.3) is 33.4 Å². The smallest absolute Gasteiger partial charge is 0.406 e. The lowest BCUT2D eigenvalue weighted by Gasteiger charge is -2.53. The number of methoxy groups -OCH3 is 1. The average Bonchev–Trinajstić information content (AvgIpc) is 3.96. The van der Waals surface area contributed by atoms with Crippen LogP contribution in [0.1, 0.15) is 76.6 Å². The molecular weight excluding hydrogens is 1020 g/mol. The number of nitrogens with one attached hydrogen (secondary N) is 2. The fraction of sp³-hybridized carbons (Fsp3) is 0.558. The van der Waals surface area contributed by atoms with Gasteiger partial charge in [-0.2, -0.15) is 13.2 Å². The van der Waals surface area contributed by atoms with Gasteiger partial charge in [0.1, 0.15) is 18.6 Å². The fourth-order valence-electron chi connectivity index (χ4n) is 11.0. The molecule has 23 heteroatoms. The van der Waals surface area contributed by atoms with Gasteiger partial charge in [0.15, 0.2) is 0 Å². The highest BCUT2D eigenvalue weighted by Crippen LogP contribution is 2.44. The van der Waals surface area contributed by atoms with Crippen molar-refractivity contribution in [2.45, 2.75) is 108 Å². The SMILES string of the molecule is C=CC(=O)N1CCN(C)C2(CCN(C(=O)N(C)[C@H](C(=O)N[Si]3Cc4nc(cs4)-c4ccc5c(c4)c(c(-c4cccnc4[C@@](C)([Si])OC)n5CC(F)(F)F)CC(C)(C)COC(=O)[C@@H]4CCCN(N4)C3=O)C(C)C)CC2)C1. The molecule has 4 aromatic rings. The number of hydrogen-bond donors (Lipinski definition) is 2. The van der Waals surface area contributed by atoms with Crippen molar-refractivity contribution < 1.29 is 46.6 Å². The normalized spacial score (nSPS) is 21.1. The first kappa shape index (κ1) is 55.8. The van der Waals surface area contributed by atoms with Crippen molar-refractivity contribution in [1.82, 2.24) is 49.6 Å². The molecule has 0 aliphatic carbocycles. The number of fused-ring (bicyclic) bond motifs is 6. The number of halogens is 3. The number of thiazole rings is 1. The molecule has 4 radical (unpaired) electrons. The van der Waals surface area contributed by atoms with E-state index in [4.69, 9.17) is 14.5 Å². The second-order valence-electron chi connectivity index (χ2n) is 21.6. The largest absolute Gasteiger partial charge is 0.464 e. The molecule has 1 spiro atoms. The van der Waals surface area contributed by atoms with Gasteiger partial charge < -0.3 is 33.7 Å². The number of cyclic esters (lactones) is 1. The molecule has 3 aromatic heterocycles. The molecule has 3 saturated heterocycles. The molecule has 0 unspecified atom stereocenters. The van der Waals surface area contributed by atoms with E-state index in [9.17, 15) is 37.1 Å². The number of hydrazine groups is 1. The zero-order valence-electron chi connectivity index (χ0n) is 43.9. The molecular formula is C52H67F3N10O7SSi2. The summed E-state index contributed by atoms with van der Waals surface area (Å²) in [5.74, 6) is -1.58. The standard InChI is InChI=1S/C52H67F3N10O7SSi2/c1-10-41(66)63-24-23-60(7)51(29-63)17-21-62(22-18-51)47(69)61(8)42(32(2)3)45(67)59-75-28-40-57-38(27-73-40)33-15-16-39-35(25-33)36(26-49(4,5)31-72-46(68)37-14-12-20-65(58-37)48(75)70)43(64(39)30-52(53,54)55)34-13-11-19-56-44(34)50(6,74)71-9/h10-11,13,15-16,19,25,27,32,37,42,58H,1,12,14,17-18,20-24,26,28-31H2,2-9H3,(H,59,67)/t37-,42-,50+/m0/s1. The quantitative estimate of drug-likeness (QED) is 0.111. The van der Waals surface area contributed by atoms with Crippen LogP contribution in [0, 0.1) is 11.3 Å². The van der Waals surface area contributed by atoms with Gasteiger partial charge in [-0.15, -0.1) is 11.3 Å². The zero-order valence-corrected chi connectivity index (χ0v) is 46.8. The molecule has 1 aromatic carbocycles. The summed E-state index contributed by atoms with van der Waals surface area (Å²) in [6.07, 6.45) is 0.541. The van der Waals surface area contributed by atoms with Gasteiger partial charge in [-0.1, -0.05) is 40.3 Å². The number of pyridine rings is 1. The predicted octanol–water partition coefficient (Wildman–Crippen LogP) is 6.23. The minimum Gasteiger partial charge on any atom is -0.464 e. The molecule has 3 atom stereocenters. The van der Waals surface area contributed by atoms with E-state index in [1.807, 2.05) is 51.1 Å². The summed E-state index contributed by atoms with van der Waals surface area (Å²) in [6.45, 7) is 14.4. The highest BCUT2D eigenvalue weighted by atomic mass is 32.1. The molecule has 17 nitrogen and oxygen atoms in total. The second-order valence-corrected chi connectivity index (χ2v) is 25.5. The van der Waals surface area contributed by atoms with Crippen molar-refractivity contribution in [3.05, 3.63) is 70.8 Å². The number of piperidine rings is 1. The predicted molar refractivity (Wildman–Crippen MR) is 281 cm³/mol. The van der Waals surface area contributed by atoms with Crippen molar-refractivity contribution in [1.29, 1.82) is 0 Å². The maximum Gasteiger partial charge on any atom is 0.406 e. The van der Waals surface area contributed by atoms with Crippen molar-refractivity contribution in [2.24, 2.45) is 11.3 Å². The first-order valence-electron chi connectivity index (χ1n) is 25.3. The summed E-state index contributed by atoms with van der Waals surface area (Å²) >= 11 is 1.29. The minimum absolute atomic E-state index is 0.0466. The van der Waals surface area contributed by atoms with Crippen LogP contribution in [0.15, 0.2) is 54.6 Å². The number of piperazine rings is 1. The zero-order chi connectivity index (χ0) is 54.4. The average molecular weight is 1090 g/mol. The fourth-order valence-corrected chi connectivity index (χ4v) is 14.3. The number of rotatable bonds is 9. The summed E-state index contributed by atoms with van der Waals surface area (Å²) in [5, 5.41) is 3.11. The van der Waals surface area contributed by atoms with Crippen LogP contribution in [0.2, 0.25) is 0 Å². The molecule has 75 heavy (non-hydrogen) atoms. The Kier molecular flexibility index (Phi) is 16.3. The Hall–Kier alpha value is -5.47. The number of amides is 5. The van der Waals surface area contributed by atoms with Crippen molar-refractivity contribution in [2.75, 3.05) is 67.1 Å². The maximum atomic E-state index is 14.8. The van der Waals surface area contributed by atoms with Gasteiger partial charge in [-0.25, -0.2) is 15.2 Å². The van der Waals surface area contributed by atoms with E-state index < -0.39 is 61.8 Å². The van der Waals surface area contributed by atoms with Gasteiger partial charge in [-0.3, -0.25) is 34.1 Å². The van der Waals surface area contributed by atoms with Gasteiger partial charge in [0, 0.05) is 104 Å². The minimum atomic E-state index is -4.62. The lowest BCUT2D eigenvalue weighted by atomic mass is 9.83. The lowest BCUT2D eigenvalue weighted by molar-refractivity contribution is -0.151. The molecule has 3 fully saturated rings.